The molecule has 0 unspecified atom stereocenters. The first kappa shape index (κ1) is 18.9. The molecule has 0 amide bonds. The zero-order valence-electron chi connectivity index (χ0n) is 16.8. The molecule has 0 saturated carbocycles. The first-order valence-electron chi connectivity index (χ1n) is 10.0. The fourth-order valence-corrected chi connectivity index (χ4v) is 4.68. The molecule has 0 atom stereocenters. The van der Waals surface area contributed by atoms with E-state index in [-0.39, 0.29) is 0 Å². The predicted octanol–water partition coefficient (Wildman–Crippen LogP) is 4.83. The van der Waals surface area contributed by atoms with Crippen LogP contribution in [0.25, 0.3) is 22.0 Å². The van der Waals surface area contributed by atoms with Crippen LogP contribution in [0.5, 0.6) is 5.75 Å². The van der Waals surface area contributed by atoms with Crippen molar-refractivity contribution in [3.05, 3.63) is 83.1 Å². The minimum atomic E-state index is 0.813. The largest absolute Gasteiger partial charge is 0.497 e. The van der Waals surface area contributed by atoms with E-state index < -0.39 is 0 Å². The minimum absolute atomic E-state index is 0.813. The van der Waals surface area contributed by atoms with Crippen molar-refractivity contribution >= 4 is 11.3 Å². The molecule has 30 heavy (non-hydrogen) atoms. The number of methoxy groups -OCH3 is 1. The molecule has 0 N–H and O–H groups in total. The van der Waals surface area contributed by atoms with Crippen molar-refractivity contribution in [2.45, 2.75) is 19.5 Å². The Morgan fingerprint density at radius 3 is 2.73 bits per heavy atom. The van der Waals surface area contributed by atoms with E-state index in [2.05, 4.69) is 33.1 Å². The maximum Gasteiger partial charge on any atom is 0.159 e. The van der Waals surface area contributed by atoms with Crippen molar-refractivity contribution in [3.63, 3.8) is 0 Å². The van der Waals surface area contributed by atoms with Gasteiger partial charge in [0, 0.05) is 60.0 Å². The molecule has 5 rings (SSSR count). The summed E-state index contributed by atoms with van der Waals surface area (Å²) >= 11 is 1.74. The number of hydrogen-bond donors (Lipinski definition) is 0. The van der Waals surface area contributed by atoms with Crippen LogP contribution in [0.2, 0.25) is 0 Å². The molecule has 3 heterocycles. The van der Waals surface area contributed by atoms with E-state index >= 15 is 0 Å². The summed E-state index contributed by atoms with van der Waals surface area (Å²) in [6.07, 6.45) is 4.93. The third kappa shape index (κ3) is 3.97. The van der Waals surface area contributed by atoms with Gasteiger partial charge < -0.3 is 4.74 Å². The second-order valence-electron chi connectivity index (χ2n) is 7.36. The molecule has 6 heteroatoms. The van der Waals surface area contributed by atoms with Crippen LogP contribution >= 0.6 is 11.3 Å². The number of ether oxygens (including phenoxy) is 1. The van der Waals surface area contributed by atoms with E-state index in [1.54, 1.807) is 18.4 Å². The highest BCUT2D eigenvalue weighted by Crippen LogP contribution is 2.29. The molecule has 2 aromatic carbocycles. The molecule has 0 saturated heterocycles. The summed E-state index contributed by atoms with van der Waals surface area (Å²) in [5.41, 5.74) is 4.55. The maximum atomic E-state index is 5.33. The summed E-state index contributed by atoms with van der Waals surface area (Å²) in [7, 11) is 1.69. The summed E-state index contributed by atoms with van der Waals surface area (Å²) in [6, 6.07) is 18.2. The average molecular weight is 415 g/mol. The number of nitrogens with zero attached hydrogens (tertiary/aromatic N) is 4. The normalized spacial score (nSPS) is 13.8. The van der Waals surface area contributed by atoms with Gasteiger partial charge in [-0.2, -0.15) is 0 Å². The molecule has 0 aliphatic carbocycles. The van der Waals surface area contributed by atoms with Crippen LogP contribution in [0.4, 0.5) is 0 Å². The summed E-state index contributed by atoms with van der Waals surface area (Å²) in [5, 5.41) is 1.03. The van der Waals surface area contributed by atoms with E-state index in [0.29, 0.717) is 0 Å². The average Bonchev–Trinajstić information content (AvgIpc) is 3.28. The predicted molar refractivity (Wildman–Crippen MR) is 119 cm³/mol. The number of aromatic nitrogens is 3. The number of thiazole rings is 1. The van der Waals surface area contributed by atoms with Crippen LogP contribution in [-0.4, -0.2) is 33.5 Å². The Hall–Kier alpha value is -3.09. The molecule has 150 valence electrons. The van der Waals surface area contributed by atoms with Gasteiger partial charge in [-0.15, -0.1) is 11.3 Å². The molecular formula is C24H22N4OS. The molecule has 0 bridgehead atoms. The molecular weight excluding hydrogens is 392 g/mol. The van der Waals surface area contributed by atoms with E-state index in [9.17, 15) is 0 Å². The van der Waals surface area contributed by atoms with Crippen molar-refractivity contribution < 1.29 is 4.74 Å². The van der Waals surface area contributed by atoms with Gasteiger partial charge in [0.1, 0.15) is 10.8 Å². The molecule has 0 fully saturated rings. The van der Waals surface area contributed by atoms with Crippen LogP contribution in [0.15, 0.2) is 67.0 Å². The quantitative estimate of drug-likeness (QED) is 0.468. The summed E-state index contributed by atoms with van der Waals surface area (Å²) in [4.78, 5) is 17.8. The molecule has 5 nitrogen and oxygen atoms in total. The first-order valence-corrected chi connectivity index (χ1v) is 10.8. The van der Waals surface area contributed by atoms with Gasteiger partial charge in [0.25, 0.3) is 0 Å². The molecule has 0 spiro atoms. The lowest BCUT2D eigenvalue weighted by molar-refractivity contribution is 0.245. The van der Waals surface area contributed by atoms with Gasteiger partial charge in [-0.1, -0.05) is 42.5 Å². The van der Waals surface area contributed by atoms with Gasteiger partial charge in [0.2, 0.25) is 0 Å². The smallest absolute Gasteiger partial charge is 0.159 e. The zero-order valence-corrected chi connectivity index (χ0v) is 17.6. The number of fused-ring (bicyclic) bond motifs is 1. The topological polar surface area (TPSA) is 51.1 Å². The van der Waals surface area contributed by atoms with Crippen molar-refractivity contribution in [2.75, 3.05) is 13.7 Å². The van der Waals surface area contributed by atoms with Crippen molar-refractivity contribution in [1.82, 2.24) is 19.9 Å². The molecule has 2 aromatic heterocycles. The molecule has 0 radical (unpaired) electrons. The number of benzene rings is 2. The SMILES string of the molecule is COc1cccc(-c2ncc(CN3CCc4nc(-c5ccccc5)ncc4C3)s2)c1. The Morgan fingerprint density at radius 1 is 1.00 bits per heavy atom. The third-order valence-corrected chi connectivity index (χ3v) is 6.33. The minimum Gasteiger partial charge on any atom is -0.497 e. The second kappa shape index (κ2) is 8.34. The zero-order chi connectivity index (χ0) is 20.3. The number of rotatable bonds is 5. The van der Waals surface area contributed by atoms with Gasteiger partial charge in [0.05, 0.1) is 12.8 Å². The standard InChI is InChI=1S/C24H22N4OS/c1-29-20-9-5-8-18(12-20)24-26-14-21(30-24)16-28-11-10-22-19(15-28)13-25-23(27-22)17-6-3-2-4-7-17/h2-9,12-14H,10-11,15-16H2,1H3. The number of hydrogen-bond acceptors (Lipinski definition) is 6. The van der Waals surface area contributed by atoms with Gasteiger partial charge in [-0.05, 0) is 12.1 Å². The lowest BCUT2D eigenvalue weighted by atomic mass is 10.1. The maximum absolute atomic E-state index is 5.33. The summed E-state index contributed by atoms with van der Waals surface area (Å²) < 4.78 is 5.33. The Morgan fingerprint density at radius 2 is 1.87 bits per heavy atom. The Balaban J connectivity index is 1.28. The highest BCUT2D eigenvalue weighted by molar-refractivity contribution is 7.15. The second-order valence-corrected chi connectivity index (χ2v) is 8.47. The van der Waals surface area contributed by atoms with Gasteiger partial charge in [-0.3, -0.25) is 4.90 Å². The molecule has 1 aliphatic rings. The summed E-state index contributed by atoms with van der Waals surface area (Å²) in [5.74, 6) is 1.67. The van der Waals surface area contributed by atoms with E-state index in [1.165, 1.54) is 16.1 Å². The van der Waals surface area contributed by atoms with Crippen LogP contribution < -0.4 is 4.74 Å². The Bertz CT molecular complexity index is 1160. The first-order chi connectivity index (χ1) is 14.8. The molecule has 1 aliphatic heterocycles. The van der Waals surface area contributed by atoms with Crippen molar-refractivity contribution in [1.29, 1.82) is 0 Å². The van der Waals surface area contributed by atoms with Gasteiger partial charge in [-0.25, -0.2) is 15.0 Å². The monoisotopic (exact) mass is 414 g/mol. The fourth-order valence-electron chi connectivity index (χ4n) is 3.73. The Kier molecular flexibility index (Phi) is 5.26. The van der Waals surface area contributed by atoms with Crippen LogP contribution in [0.1, 0.15) is 16.1 Å². The van der Waals surface area contributed by atoms with Crippen LogP contribution in [-0.2, 0) is 19.5 Å². The lowest BCUT2D eigenvalue weighted by Crippen LogP contribution is -2.30. The Labute approximate surface area is 180 Å². The lowest BCUT2D eigenvalue weighted by Gasteiger charge is -2.27. The third-order valence-electron chi connectivity index (χ3n) is 5.29. The van der Waals surface area contributed by atoms with Crippen molar-refractivity contribution in [2.24, 2.45) is 0 Å². The van der Waals surface area contributed by atoms with E-state index in [0.717, 1.165) is 53.8 Å². The highest BCUT2D eigenvalue weighted by Gasteiger charge is 2.20. The van der Waals surface area contributed by atoms with Crippen LogP contribution in [0.3, 0.4) is 0 Å². The van der Waals surface area contributed by atoms with Crippen LogP contribution in [0, 0.1) is 0 Å². The van der Waals surface area contributed by atoms with Gasteiger partial charge in [0.15, 0.2) is 5.82 Å². The highest BCUT2D eigenvalue weighted by atomic mass is 32.1. The fraction of sp³-hybridized carbons (Fsp3) is 0.208. The van der Waals surface area contributed by atoms with E-state index in [4.69, 9.17) is 9.72 Å². The van der Waals surface area contributed by atoms with Gasteiger partial charge >= 0.3 is 0 Å². The molecule has 4 aromatic rings. The summed E-state index contributed by atoms with van der Waals surface area (Å²) in [6.45, 7) is 2.75. The van der Waals surface area contributed by atoms with E-state index in [1.807, 2.05) is 48.8 Å². The van der Waals surface area contributed by atoms with Crippen molar-refractivity contribution in [3.8, 4) is 27.7 Å².